The summed E-state index contributed by atoms with van der Waals surface area (Å²) in [6.45, 7) is 6.35. The minimum Gasteiger partial charge on any atom is -0.337 e. The van der Waals surface area contributed by atoms with Gasteiger partial charge in [0.25, 0.3) is 5.91 Å². The third-order valence-electron chi connectivity index (χ3n) is 3.83. The van der Waals surface area contributed by atoms with E-state index in [1.54, 1.807) is 23.1 Å². The lowest BCUT2D eigenvalue weighted by atomic mass is 10.1. The van der Waals surface area contributed by atoms with E-state index in [2.05, 4.69) is 32.6 Å². The van der Waals surface area contributed by atoms with Crippen molar-refractivity contribution in [1.29, 1.82) is 0 Å². The van der Waals surface area contributed by atoms with Gasteiger partial charge in [0.05, 0.1) is 0 Å². The number of halogens is 1. The molecule has 0 unspecified atom stereocenters. The predicted molar refractivity (Wildman–Crippen MR) is 104 cm³/mol. The van der Waals surface area contributed by atoms with Gasteiger partial charge in [0.2, 0.25) is 11.7 Å². The molecule has 0 aliphatic carbocycles. The van der Waals surface area contributed by atoms with Crippen molar-refractivity contribution in [3.8, 4) is 11.4 Å². The third-order valence-corrected chi connectivity index (χ3v) is 4.36. The van der Waals surface area contributed by atoms with Crippen molar-refractivity contribution in [3.63, 3.8) is 0 Å². The van der Waals surface area contributed by atoms with Crippen LogP contribution in [0.15, 0.2) is 70.2 Å². The summed E-state index contributed by atoms with van der Waals surface area (Å²) in [6.07, 6.45) is 1.67. The van der Waals surface area contributed by atoms with Crippen LogP contribution in [0.4, 0.5) is 0 Å². The quantitative estimate of drug-likeness (QED) is 0.554. The second-order valence-electron chi connectivity index (χ2n) is 5.86. The first-order valence-electron chi connectivity index (χ1n) is 8.12. The number of hydrogen-bond acceptors (Lipinski definition) is 4. The molecular weight excluding hydrogens is 394 g/mol. The van der Waals surface area contributed by atoms with Crippen LogP contribution in [-0.4, -0.2) is 27.5 Å². The van der Waals surface area contributed by atoms with Crippen LogP contribution in [0.2, 0.25) is 0 Å². The summed E-state index contributed by atoms with van der Waals surface area (Å²) < 4.78 is 6.25. The van der Waals surface area contributed by atoms with Gasteiger partial charge in [0.15, 0.2) is 0 Å². The van der Waals surface area contributed by atoms with E-state index in [0.29, 0.717) is 23.8 Å². The van der Waals surface area contributed by atoms with Gasteiger partial charge < -0.3 is 9.42 Å². The van der Waals surface area contributed by atoms with Gasteiger partial charge in [-0.3, -0.25) is 4.79 Å². The van der Waals surface area contributed by atoms with Crippen molar-refractivity contribution in [2.24, 2.45) is 0 Å². The average Bonchev–Trinajstić information content (AvgIpc) is 3.10. The lowest BCUT2D eigenvalue weighted by Gasteiger charge is -2.19. The van der Waals surface area contributed by atoms with E-state index >= 15 is 0 Å². The number of hydrogen-bond donors (Lipinski definition) is 0. The highest BCUT2D eigenvalue weighted by molar-refractivity contribution is 9.10. The highest BCUT2D eigenvalue weighted by Gasteiger charge is 2.18. The summed E-state index contributed by atoms with van der Waals surface area (Å²) in [5.74, 6) is 0.773. The van der Waals surface area contributed by atoms with Crippen LogP contribution in [0, 0.1) is 6.92 Å². The summed E-state index contributed by atoms with van der Waals surface area (Å²) in [4.78, 5) is 18.8. The van der Waals surface area contributed by atoms with Gasteiger partial charge in [-0.05, 0) is 31.2 Å². The van der Waals surface area contributed by atoms with Crippen LogP contribution in [0.25, 0.3) is 11.4 Å². The summed E-state index contributed by atoms with van der Waals surface area (Å²) in [5, 5.41) is 4.02. The Hall–Kier alpha value is -2.73. The number of benzene rings is 2. The lowest BCUT2D eigenvalue weighted by molar-refractivity contribution is 0.0745. The number of carbonyl (C=O) groups is 1. The first-order chi connectivity index (χ1) is 12.6. The Morgan fingerprint density at radius 3 is 2.54 bits per heavy atom. The molecule has 3 rings (SSSR count). The maximum absolute atomic E-state index is 12.7. The molecule has 0 radical (unpaired) electrons. The first kappa shape index (κ1) is 18.1. The van der Waals surface area contributed by atoms with E-state index in [0.717, 1.165) is 15.6 Å². The second kappa shape index (κ2) is 8.10. The molecule has 0 atom stereocenters. The van der Waals surface area contributed by atoms with Crippen LogP contribution in [-0.2, 0) is 6.54 Å². The number of aromatic nitrogens is 2. The molecule has 1 heterocycles. The number of amides is 1. The van der Waals surface area contributed by atoms with Gasteiger partial charge in [0, 0.05) is 22.1 Å². The fourth-order valence-electron chi connectivity index (χ4n) is 2.45. The monoisotopic (exact) mass is 411 g/mol. The predicted octanol–water partition coefficient (Wildman–Crippen LogP) is 4.64. The number of nitrogens with zero attached hydrogens (tertiary/aromatic N) is 3. The molecule has 3 aromatic rings. The second-order valence-corrected chi connectivity index (χ2v) is 6.77. The molecule has 0 bridgehead atoms. The number of aryl methyl sites for hydroxylation is 1. The largest absolute Gasteiger partial charge is 0.337 e. The van der Waals surface area contributed by atoms with E-state index in [4.69, 9.17) is 4.52 Å². The minimum atomic E-state index is -0.118. The van der Waals surface area contributed by atoms with Crippen LogP contribution in [0.5, 0.6) is 0 Å². The van der Waals surface area contributed by atoms with Crippen molar-refractivity contribution in [2.45, 2.75) is 13.5 Å². The van der Waals surface area contributed by atoms with Gasteiger partial charge >= 0.3 is 0 Å². The highest BCUT2D eigenvalue weighted by Crippen LogP contribution is 2.18. The fourth-order valence-corrected chi connectivity index (χ4v) is 2.72. The zero-order valence-electron chi connectivity index (χ0n) is 14.4. The van der Waals surface area contributed by atoms with Crippen molar-refractivity contribution in [2.75, 3.05) is 6.54 Å². The smallest absolute Gasteiger partial charge is 0.254 e. The molecule has 0 spiro atoms. The van der Waals surface area contributed by atoms with Gasteiger partial charge in [-0.1, -0.05) is 57.0 Å². The zero-order chi connectivity index (χ0) is 18.5. The van der Waals surface area contributed by atoms with E-state index < -0.39 is 0 Å². The minimum absolute atomic E-state index is 0.118. The molecule has 0 fully saturated rings. The average molecular weight is 412 g/mol. The van der Waals surface area contributed by atoms with E-state index in [9.17, 15) is 4.79 Å². The molecule has 26 heavy (non-hydrogen) atoms. The number of carbonyl (C=O) groups excluding carboxylic acids is 1. The molecule has 0 saturated heterocycles. The molecule has 0 aliphatic heterocycles. The molecule has 0 N–H and O–H groups in total. The standard InChI is InChI=1S/C20H18BrN3O2/c1-3-12-24(20(25)16-8-10-17(21)11-9-16)13-18-22-19(23-26-18)15-6-4-14(2)5-7-15/h3-11H,1,12-13H2,2H3. The van der Waals surface area contributed by atoms with Crippen LogP contribution < -0.4 is 0 Å². The summed E-state index contributed by atoms with van der Waals surface area (Å²) >= 11 is 3.37. The summed E-state index contributed by atoms with van der Waals surface area (Å²) in [7, 11) is 0. The van der Waals surface area contributed by atoms with Crippen LogP contribution in [0.3, 0.4) is 0 Å². The Labute approximate surface area is 160 Å². The van der Waals surface area contributed by atoms with Gasteiger partial charge in [-0.25, -0.2) is 0 Å². The maximum atomic E-state index is 12.7. The van der Waals surface area contributed by atoms with E-state index in [1.807, 2.05) is 43.3 Å². The SMILES string of the molecule is C=CCN(Cc1nc(-c2ccc(C)cc2)no1)C(=O)c1ccc(Br)cc1. The highest BCUT2D eigenvalue weighted by atomic mass is 79.9. The summed E-state index contributed by atoms with van der Waals surface area (Å²) in [6, 6.07) is 15.1. The Bertz CT molecular complexity index is 902. The third kappa shape index (κ3) is 4.26. The van der Waals surface area contributed by atoms with Crippen molar-refractivity contribution >= 4 is 21.8 Å². The number of rotatable bonds is 6. The Morgan fingerprint density at radius 1 is 1.19 bits per heavy atom. The Morgan fingerprint density at radius 2 is 1.88 bits per heavy atom. The van der Waals surface area contributed by atoms with Gasteiger partial charge in [-0.2, -0.15) is 4.98 Å². The Kier molecular flexibility index (Phi) is 5.63. The Balaban J connectivity index is 1.78. The first-order valence-corrected chi connectivity index (χ1v) is 8.91. The van der Waals surface area contributed by atoms with Crippen LogP contribution in [0.1, 0.15) is 21.8 Å². The zero-order valence-corrected chi connectivity index (χ0v) is 15.9. The lowest BCUT2D eigenvalue weighted by Crippen LogP contribution is -2.30. The van der Waals surface area contributed by atoms with Gasteiger partial charge in [0.1, 0.15) is 6.54 Å². The molecule has 6 heteroatoms. The normalized spacial score (nSPS) is 10.5. The molecule has 2 aromatic carbocycles. The molecule has 0 saturated carbocycles. The van der Waals surface area contributed by atoms with E-state index in [1.165, 1.54) is 0 Å². The van der Waals surface area contributed by atoms with Crippen molar-refractivity contribution < 1.29 is 9.32 Å². The maximum Gasteiger partial charge on any atom is 0.254 e. The van der Waals surface area contributed by atoms with Crippen molar-refractivity contribution in [3.05, 3.63) is 82.7 Å². The molecular formula is C20H18BrN3O2. The van der Waals surface area contributed by atoms with E-state index in [-0.39, 0.29) is 12.5 Å². The fraction of sp³-hybridized carbons (Fsp3) is 0.150. The summed E-state index contributed by atoms with van der Waals surface area (Å²) in [5.41, 5.74) is 2.63. The molecule has 132 valence electrons. The van der Waals surface area contributed by atoms with Crippen molar-refractivity contribution in [1.82, 2.24) is 15.0 Å². The molecule has 1 amide bonds. The van der Waals surface area contributed by atoms with Crippen LogP contribution >= 0.6 is 15.9 Å². The molecule has 5 nitrogen and oxygen atoms in total. The molecule has 1 aromatic heterocycles. The molecule has 0 aliphatic rings. The van der Waals surface area contributed by atoms with Gasteiger partial charge in [-0.15, -0.1) is 6.58 Å². The topological polar surface area (TPSA) is 59.2 Å².